The summed E-state index contributed by atoms with van der Waals surface area (Å²) in [6, 6.07) is 12.4. The Balaban J connectivity index is 2.03. The Morgan fingerprint density at radius 2 is 2.05 bits per heavy atom. The molecule has 0 spiro atoms. The highest BCUT2D eigenvalue weighted by Crippen LogP contribution is 2.11. The second-order valence-electron chi connectivity index (χ2n) is 4.28. The average Bonchev–Trinajstić information content (AvgIpc) is 2.55. The Morgan fingerprint density at radius 3 is 2.64 bits per heavy atom. The number of halogens is 1. The molecule has 0 aromatic heterocycles. The third-order valence-electron chi connectivity index (χ3n) is 2.84. The summed E-state index contributed by atoms with van der Waals surface area (Å²) in [5, 5.41) is 12.4. The maximum atomic E-state index is 13.6. The molecule has 0 aliphatic rings. The number of carbonyl (C=O) groups excluding carboxylic acids is 1. The van der Waals surface area contributed by atoms with Crippen LogP contribution in [0.2, 0.25) is 0 Å². The summed E-state index contributed by atoms with van der Waals surface area (Å²) in [6.45, 7) is 0. The first-order valence-electron chi connectivity index (χ1n) is 6.31. The van der Waals surface area contributed by atoms with Crippen molar-refractivity contribution in [1.82, 2.24) is 5.43 Å². The first kappa shape index (κ1) is 15.2. The van der Waals surface area contributed by atoms with E-state index in [2.05, 4.69) is 10.5 Å². The number of benzene rings is 2. The molecule has 0 aliphatic heterocycles. The number of hydrogen-bond acceptors (Lipinski definition) is 4. The predicted molar refractivity (Wildman–Crippen MR) is 79.2 cm³/mol. The van der Waals surface area contributed by atoms with E-state index < -0.39 is 11.7 Å². The maximum absolute atomic E-state index is 13.6. The van der Waals surface area contributed by atoms with E-state index in [4.69, 9.17) is 10.00 Å². The number of amides is 1. The van der Waals surface area contributed by atoms with Crippen LogP contribution in [0.3, 0.4) is 0 Å². The van der Waals surface area contributed by atoms with Crippen LogP contribution in [-0.4, -0.2) is 19.2 Å². The number of nitrogens with one attached hydrogen (secondary N) is 1. The molecule has 0 radical (unpaired) electrons. The lowest BCUT2D eigenvalue weighted by atomic mass is 10.1. The largest absolute Gasteiger partial charge is 0.497 e. The fourth-order valence-electron chi connectivity index (χ4n) is 1.68. The number of hydrogen-bond donors (Lipinski definition) is 1. The van der Waals surface area contributed by atoms with Crippen LogP contribution in [-0.2, 0) is 0 Å². The van der Waals surface area contributed by atoms with E-state index in [1.807, 2.05) is 0 Å². The van der Waals surface area contributed by atoms with Crippen molar-refractivity contribution < 1.29 is 13.9 Å². The van der Waals surface area contributed by atoms with E-state index in [-0.39, 0.29) is 11.1 Å². The third-order valence-corrected chi connectivity index (χ3v) is 2.84. The van der Waals surface area contributed by atoms with Gasteiger partial charge in [0.15, 0.2) is 0 Å². The van der Waals surface area contributed by atoms with Crippen molar-refractivity contribution in [2.24, 2.45) is 5.10 Å². The zero-order valence-corrected chi connectivity index (χ0v) is 11.7. The first-order chi connectivity index (χ1) is 10.6. The van der Waals surface area contributed by atoms with Gasteiger partial charge in [0.25, 0.3) is 5.91 Å². The van der Waals surface area contributed by atoms with E-state index in [0.29, 0.717) is 5.75 Å². The molecular weight excluding hydrogens is 285 g/mol. The summed E-state index contributed by atoms with van der Waals surface area (Å²) < 4.78 is 18.7. The molecule has 6 heteroatoms. The summed E-state index contributed by atoms with van der Waals surface area (Å²) in [6.07, 6.45) is 1.43. The molecular formula is C16H12FN3O2. The summed E-state index contributed by atoms with van der Waals surface area (Å²) in [5.41, 5.74) is 2.96. The molecule has 0 aliphatic carbocycles. The highest BCUT2D eigenvalue weighted by Gasteiger charge is 2.11. The van der Waals surface area contributed by atoms with E-state index in [1.165, 1.54) is 18.3 Å². The number of nitrogens with zero attached hydrogens (tertiary/aromatic N) is 2. The molecule has 0 saturated carbocycles. The zero-order valence-electron chi connectivity index (χ0n) is 11.7. The van der Waals surface area contributed by atoms with Gasteiger partial charge in [-0.05, 0) is 48.0 Å². The Morgan fingerprint density at radius 1 is 1.32 bits per heavy atom. The van der Waals surface area contributed by atoms with Crippen LogP contribution >= 0.6 is 0 Å². The quantitative estimate of drug-likeness (QED) is 0.696. The second kappa shape index (κ2) is 6.99. The van der Waals surface area contributed by atoms with Gasteiger partial charge < -0.3 is 4.74 Å². The minimum atomic E-state index is -0.767. The molecule has 0 fully saturated rings. The molecule has 110 valence electrons. The molecule has 2 aromatic rings. The van der Waals surface area contributed by atoms with Crippen molar-refractivity contribution in [3.63, 3.8) is 0 Å². The number of ether oxygens (including phenoxy) is 1. The Labute approximate surface area is 126 Å². The summed E-state index contributed by atoms with van der Waals surface area (Å²) >= 11 is 0. The number of carbonyl (C=O) groups is 1. The van der Waals surface area contributed by atoms with Crippen LogP contribution in [0.25, 0.3) is 0 Å². The highest BCUT2D eigenvalue weighted by molar-refractivity contribution is 5.95. The molecule has 5 nitrogen and oxygen atoms in total. The number of nitriles is 1. The van der Waals surface area contributed by atoms with E-state index in [0.717, 1.165) is 11.6 Å². The van der Waals surface area contributed by atoms with Crippen LogP contribution in [0.4, 0.5) is 4.39 Å². The van der Waals surface area contributed by atoms with E-state index in [1.54, 1.807) is 37.4 Å². The fourth-order valence-corrected chi connectivity index (χ4v) is 1.68. The van der Waals surface area contributed by atoms with Gasteiger partial charge in [-0.15, -0.1) is 0 Å². The van der Waals surface area contributed by atoms with Crippen molar-refractivity contribution in [2.45, 2.75) is 0 Å². The van der Waals surface area contributed by atoms with Gasteiger partial charge in [-0.3, -0.25) is 4.79 Å². The Kier molecular flexibility index (Phi) is 4.83. The molecule has 1 amide bonds. The van der Waals surface area contributed by atoms with Crippen molar-refractivity contribution in [3.05, 3.63) is 65.0 Å². The summed E-state index contributed by atoms with van der Waals surface area (Å²) in [5.74, 6) is -0.746. The number of methoxy groups -OCH3 is 1. The van der Waals surface area contributed by atoms with Gasteiger partial charge >= 0.3 is 0 Å². The minimum absolute atomic E-state index is 0.149. The van der Waals surface area contributed by atoms with Crippen molar-refractivity contribution in [3.8, 4) is 11.8 Å². The molecule has 1 N–H and O–H groups in total. The monoisotopic (exact) mass is 297 g/mol. The SMILES string of the molecule is COc1ccc(/C=N\NC(=O)c2ccc(C#N)cc2F)cc1. The van der Waals surface area contributed by atoms with Crippen LogP contribution in [0.5, 0.6) is 5.75 Å². The maximum Gasteiger partial charge on any atom is 0.274 e. The van der Waals surface area contributed by atoms with Gasteiger partial charge in [0, 0.05) is 0 Å². The zero-order chi connectivity index (χ0) is 15.9. The topological polar surface area (TPSA) is 74.5 Å². The number of rotatable bonds is 4. The second-order valence-corrected chi connectivity index (χ2v) is 4.28. The number of hydrazone groups is 1. The third kappa shape index (κ3) is 3.67. The average molecular weight is 297 g/mol. The molecule has 0 atom stereocenters. The Bertz CT molecular complexity index is 749. The van der Waals surface area contributed by atoms with Gasteiger partial charge in [-0.2, -0.15) is 10.4 Å². The van der Waals surface area contributed by atoms with Crippen LogP contribution < -0.4 is 10.2 Å². The molecule has 2 aromatic carbocycles. The normalized spacial score (nSPS) is 10.2. The summed E-state index contributed by atoms with van der Waals surface area (Å²) in [7, 11) is 1.56. The van der Waals surface area contributed by atoms with Gasteiger partial charge in [0.05, 0.1) is 30.5 Å². The van der Waals surface area contributed by atoms with Crippen LogP contribution in [0, 0.1) is 17.1 Å². The highest BCUT2D eigenvalue weighted by atomic mass is 19.1. The predicted octanol–water partition coefficient (Wildman–Crippen LogP) is 2.47. The van der Waals surface area contributed by atoms with Crippen molar-refractivity contribution in [2.75, 3.05) is 7.11 Å². The van der Waals surface area contributed by atoms with Gasteiger partial charge in [-0.1, -0.05) is 0 Å². The lowest BCUT2D eigenvalue weighted by Gasteiger charge is -2.02. The van der Waals surface area contributed by atoms with Gasteiger partial charge in [0.2, 0.25) is 0 Å². The van der Waals surface area contributed by atoms with E-state index >= 15 is 0 Å². The standard InChI is InChI=1S/C16H12FN3O2/c1-22-13-5-2-11(3-6-13)10-19-20-16(21)14-7-4-12(9-18)8-15(14)17/h2-8,10H,1H3,(H,20,21)/b19-10-. The minimum Gasteiger partial charge on any atom is -0.497 e. The molecule has 22 heavy (non-hydrogen) atoms. The van der Waals surface area contributed by atoms with E-state index in [9.17, 15) is 9.18 Å². The van der Waals surface area contributed by atoms with Crippen molar-refractivity contribution in [1.29, 1.82) is 5.26 Å². The lowest BCUT2D eigenvalue weighted by molar-refractivity contribution is 0.0951. The molecule has 0 bridgehead atoms. The Hall–Kier alpha value is -3.20. The first-order valence-corrected chi connectivity index (χ1v) is 6.31. The van der Waals surface area contributed by atoms with Crippen molar-refractivity contribution >= 4 is 12.1 Å². The lowest BCUT2D eigenvalue weighted by Crippen LogP contribution is -2.19. The van der Waals surface area contributed by atoms with Gasteiger partial charge in [0.1, 0.15) is 11.6 Å². The van der Waals surface area contributed by atoms with Gasteiger partial charge in [-0.25, -0.2) is 9.82 Å². The summed E-state index contributed by atoms with van der Waals surface area (Å²) in [4.78, 5) is 11.8. The fraction of sp³-hybridized carbons (Fsp3) is 0.0625. The van der Waals surface area contributed by atoms with Crippen LogP contribution in [0.1, 0.15) is 21.5 Å². The van der Waals surface area contributed by atoms with Crippen LogP contribution in [0.15, 0.2) is 47.6 Å². The smallest absolute Gasteiger partial charge is 0.274 e. The molecule has 2 rings (SSSR count). The molecule has 0 saturated heterocycles. The molecule has 0 heterocycles. The molecule has 0 unspecified atom stereocenters.